The Morgan fingerprint density at radius 1 is 1.32 bits per heavy atom. The van der Waals surface area contributed by atoms with Crippen LogP contribution >= 0.6 is 0 Å². The Hall–Kier alpha value is -1.70. The average molecular weight is 349 g/mol. The van der Waals surface area contributed by atoms with E-state index in [0.29, 0.717) is 32.7 Å². The van der Waals surface area contributed by atoms with Crippen LogP contribution in [0, 0.1) is 0 Å². The quantitative estimate of drug-likeness (QED) is 0.822. The van der Waals surface area contributed by atoms with Crippen LogP contribution in [0.25, 0.3) is 0 Å². The van der Waals surface area contributed by atoms with Gasteiger partial charge in [0.05, 0.1) is 25.4 Å². The summed E-state index contributed by atoms with van der Waals surface area (Å²) in [7, 11) is 0. The molecule has 7 nitrogen and oxygen atoms in total. The zero-order valence-electron chi connectivity index (χ0n) is 15.0. The number of H-pyrrole nitrogens is 1. The van der Waals surface area contributed by atoms with Crippen molar-refractivity contribution < 1.29 is 14.6 Å². The summed E-state index contributed by atoms with van der Waals surface area (Å²) >= 11 is 0. The molecule has 3 rings (SSSR count). The number of likely N-dealkylation sites (tertiary alicyclic amines) is 1. The molecule has 3 heterocycles. The lowest BCUT2D eigenvalue weighted by molar-refractivity contribution is -0.0257. The van der Waals surface area contributed by atoms with Crippen LogP contribution in [0.3, 0.4) is 0 Å². The van der Waals surface area contributed by atoms with Gasteiger partial charge >= 0.3 is 0 Å². The maximum atomic E-state index is 12.7. The van der Waals surface area contributed by atoms with E-state index in [0.717, 1.165) is 18.8 Å². The molecule has 2 fully saturated rings. The molecule has 2 aliphatic heterocycles. The van der Waals surface area contributed by atoms with E-state index in [2.05, 4.69) is 9.88 Å². The fourth-order valence-corrected chi connectivity index (χ4v) is 3.50. The number of ether oxygens (including phenoxy) is 1. The smallest absolute Gasteiger partial charge is 0.261 e. The Bertz CT molecular complexity index is 681. The van der Waals surface area contributed by atoms with E-state index in [1.165, 1.54) is 0 Å². The number of nitrogens with one attached hydrogen (secondary N) is 1. The highest BCUT2D eigenvalue weighted by Crippen LogP contribution is 2.24. The van der Waals surface area contributed by atoms with Crippen molar-refractivity contribution in [2.24, 2.45) is 0 Å². The molecule has 0 radical (unpaired) electrons. The molecule has 0 saturated carbocycles. The van der Waals surface area contributed by atoms with Gasteiger partial charge in [-0.05, 0) is 24.5 Å². The maximum absolute atomic E-state index is 12.7. The molecule has 0 aromatic carbocycles. The number of morpholine rings is 1. The summed E-state index contributed by atoms with van der Waals surface area (Å²) in [5.41, 5.74) is -0.330. The molecule has 0 aliphatic carbocycles. The van der Waals surface area contributed by atoms with Crippen LogP contribution < -0.4 is 5.56 Å². The number of rotatable bonds is 4. The summed E-state index contributed by atoms with van der Waals surface area (Å²) in [5, 5.41) is 10.8. The van der Waals surface area contributed by atoms with Crippen LogP contribution in [0.4, 0.5) is 0 Å². The largest absolute Gasteiger partial charge is 0.387 e. The van der Waals surface area contributed by atoms with Gasteiger partial charge in [0.1, 0.15) is 5.56 Å². The molecule has 0 bridgehead atoms. The Morgan fingerprint density at radius 3 is 2.68 bits per heavy atom. The van der Waals surface area contributed by atoms with Crippen LogP contribution in [0.2, 0.25) is 0 Å². The van der Waals surface area contributed by atoms with Crippen molar-refractivity contribution in [3.63, 3.8) is 0 Å². The van der Waals surface area contributed by atoms with Crippen molar-refractivity contribution in [3.05, 3.63) is 33.7 Å². The van der Waals surface area contributed by atoms with Crippen molar-refractivity contribution in [2.45, 2.75) is 31.8 Å². The minimum atomic E-state index is -0.919. The fourth-order valence-electron chi connectivity index (χ4n) is 3.50. The standard InChI is InChI=1S/C18H27N3O4/c1-13(2)15-4-3-14(16(22)19-15)17(23)21-6-5-18(24,12-21)11-20-7-9-25-10-8-20/h3-4,13,24H,5-12H2,1-2H3,(H,19,22). The van der Waals surface area contributed by atoms with Gasteiger partial charge in [0.15, 0.2) is 0 Å². The number of carbonyl (C=O) groups excluding carboxylic acids is 1. The topological polar surface area (TPSA) is 85.9 Å². The lowest BCUT2D eigenvalue weighted by Gasteiger charge is -2.33. The molecular formula is C18H27N3O4. The molecule has 1 atom stereocenters. The maximum Gasteiger partial charge on any atom is 0.261 e. The van der Waals surface area contributed by atoms with Gasteiger partial charge in [-0.2, -0.15) is 0 Å². The molecule has 0 spiro atoms. The third kappa shape index (κ3) is 4.11. The molecule has 1 amide bonds. The Kier molecular flexibility index (Phi) is 5.27. The van der Waals surface area contributed by atoms with E-state index in [1.54, 1.807) is 17.0 Å². The number of β-amino-alcohol motifs (C(OH)–C–C–N with tert-alkyl or cyclic N) is 1. The normalized spacial score (nSPS) is 24.9. The van der Waals surface area contributed by atoms with Crippen LogP contribution in [0.1, 0.15) is 42.2 Å². The molecule has 138 valence electrons. The van der Waals surface area contributed by atoms with Gasteiger partial charge < -0.3 is 19.7 Å². The molecule has 2 saturated heterocycles. The highest BCUT2D eigenvalue weighted by molar-refractivity contribution is 5.94. The molecule has 1 unspecified atom stereocenters. The third-order valence-electron chi connectivity index (χ3n) is 5.03. The Morgan fingerprint density at radius 2 is 2.04 bits per heavy atom. The summed E-state index contributed by atoms with van der Waals surface area (Å²) in [6.45, 7) is 8.17. The highest BCUT2D eigenvalue weighted by atomic mass is 16.5. The summed E-state index contributed by atoms with van der Waals surface area (Å²) in [6.07, 6.45) is 0.526. The van der Waals surface area contributed by atoms with Gasteiger partial charge in [-0.1, -0.05) is 13.8 Å². The summed E-state index contributed by atoms with van der Waals surface area (Å²) in [6, 6.07) is 3.38. The van der Waals surface area contributed by atoms with Crippen molar-refractivity contribution >= 4 is 5.91 Å². The van der Waals surface area contributed by atoms with E-state index >= 15 is 0 Å². The Balaban J connectivity index is 1.67. The van der Waals surface area contributed by atoms with Gasteiger partial charge in [-0.25, -0.2) is 0 Å². The van der Waals surface area contributed by atoms with E-state index in [4.69, 9.17) is 4.74 Å². The lowest BCUT2D eigenvalue weighted by Crippen LogP contribution is -2.49. The number of amides is 1. The van der Waals surface area contributed by atoms with Gasteiger partial charge in [-0.15, -0.1) is 0 Å². The summed E-state index contributed by atoms with van der Waals surface area (Å²) in [5.74, 6) is -0.114. The zero-order chi connectivity index (χ0) is 18.0. The average Bonchev–Trinajstić information content (AvgIpc) is 2.97. The number of nitrogens with zero attached hydrogens (tertiary/aromatic N) is 2. The first-order chi connectivity index (χ1) is 11.9. The second-order valence-corrected chi connectivity index (χ2v) is 7.40. The zero-order valence-corrected chi connectivity index (χ0v) is 15.0. The fraction of sp³-hybridized carbons (Fsp3) is 0.667. The van der Waals surface area contributed by atoms with Crippen LogP contribution in [0.5, 0.6) is 0 Å². The van der Waals surface area contributed by atoms with Gasteiger partial charge in [0.2, 0.25) is 0 Å². The van der Waals surface area contributed by atoms with E-state index < -0.39 is 5.60 Å². The van der Waals surface area contributed by atoms with Crippen LogP contribution in [-0.2, 0) is 4.74 Å². The first-order valence-corrected chi connectivity index (χ1v) is 8.93. The van der Waals surface area contributed by atoms with E-state index in [1.807, 2.05) is 13.8 Å². The van der Waals surface area contributed by atoms with Gasteiger partial charge in [0.25, 0.3) is 11.5 Å². The van der Waals surface area contributed by atoms with Gasteiger partial charge in [-0.3, -0.25) is 14.5 Å². The molecule has 1 aromatic heterocycles. The second kappa shape index (κ2) is 7.27. The minimum absolute atomic E-state index is 0.139. The molecule has 2 aliphatic rings. The van der Waals surface area contributed by atoms with Crippen molar-refractivity contribution in [3.8, 4) is 0 Å². The number of carbonyl (C=O) groups is 1. The Labute approximate surface area is 147 Å². The van der Waals surface area contributed by atoms with E-state index in [9.17, 15) is 14.7 Å². The summed E-state index contributed by atoms with van der Waals surface area (Å²) < 4.78 is 5.33. The van der Waals surface area contributed by atoms with Crippen molar-refractivity contribution in [1.29, 1.82) is 0 Å². The number of hydrogen-bond donors (Lipinski definition) is 2. The molecule has 7 heteroatoms. The predicted molar refractivity (Wildman–Crippen MR) is 93.9 cm³/mol. The van der Waals surface area contributed by atoms with Crippen LogP contribution in [-0.4, -0.2) is 77.3 Å². The van der Waals surface area contributed by atoms with E-state index in [-0.39, 0.29) is 29.5 Å². The van der Waals surface area contributed by atoms with Gasteiger partial charge in [0, 0.05) is 31.9 Å². The second-order valence-electron chi connectivity index (χ2n) is 7.40. The molecule has 1 aromatic rings. The number of aliphatic hydroxyl groups is 1. The number of aromatic amines is 1. The lowest BCUT2D eigenvalue weighted by atomic mass is 10.0. The molecular weight excluding hydrogens is 322 g/mol. The number of pyridine rings is 1. The first-order valence-electron chi connectivity index (χ1n) is 8.93. The van der Waals surface area contributed by atoms with Crippen molar-refractivity contribution in [1.82, 2.24) is 14.8 Å². The minimum Gasteiger partial charge on any atom is -0.387 e. The monoisotopic (exact) mass is 349 g/mol. The molecule has 25 heavy (non-hydrogen) atoms. The highest BCUT2D eigenvalue weighted by Gasteiger charge is 2.40. The van der Waals surface area contributed by atoms with Crippen molar-refractivity contribution in [2.75, 3.05) is 45.9 Å². The van der Waals surface area contributed by atoms with Crippen LogP contribution in [0.15, 0.2) is 16.9 Å². The summed E-state index contributed by atoms with van der Waals surface area (Å²) in [4.78, 5) is 31.5. The molecule has 2 N–H and O–H groups in total. The SMILES string of the molecule is CC(C)c1ccc(C(=O)N2CCC(O)(CN3CCOCC3)C2)c(=O)[nH]1. The third-order valence-corrected chi connectivity index (χ3v) is 5.03. The first kappa shape index (κ1) is 18.1. The number of aromatic nitrogens is 1. The predicted octanol–water partition coefficient (Wildman–Crippen LogP) is 0.408. The number of hydrogen-bond acceptors (Lipinski definition) is 5.